The zero-order valence-corrected chi connectivity index (χ0v) is 9.93. The van der Waals surface area contributed by atoms with Crippen molar-refractivity contribution in [1.29, 1.82) is 0 Å². The third-order valence-electron chi connectivity index (χ3n) is 3.24. The van der Waals surface area contributed by atoms with Gasteiger partial charge in [0.05, 0.1) is 12.8 Å². The van der Waals surface area contributed by atoms with Crippen molar-refractivity contribution in [3.63, 3.8) is 0 Å². The van der Waals surface area contributed by atoms with Crippen LogP contribution >= 0.6 is 0 Å². The summed E-state index contributed by atoms with van der Waals surface area (Å²) in [6, 6.07) is 4.41. The van der Waals surface area contributed by atoms with Crippen LogP contribution in [0.4, 0.5) is 0 Å². The molecule has 0 bridgehead atoms. The molecule has 0 amide bonds. The SMILES string of the molecule is CN1CCCN(Cc2ccco2)C(CN)C1. The second kappa shape index (κ2) is 5.48. The van der Waals surface area contributed by atoms with Crippen molar-refractivity contribution in [3.8, 4) is 0 Å². The standard InChI is InChI=1S/C12H21N3O/c1-14-5-3-6-15(11(8-13)9-14)10-12-4-2-7-16-12/h2,4,7,11H,3,5-6,8-10,13H2,1H3. The van der Waals surface area contributed by atoms with Gasteiger partial charge in [-0.25, -0.2) is 0 Å². The molecule has 90 valence electrons. The van der Waals surface area contributed by atoms with E-state index in [9.17, 15) is 0 Å². The third-order valence-corrected chi connectivity index (χ3v) is 3.24. The fourth-order valence-electron chi connectivity index (χ4n) is 2.33. The molecule has 1 aliphatic heterocycles. The molecule has 0 spiro atoms. The Bertz CT molecular complexity index is 299. The smallest absolute Gasteiger partial charge is 0.117 e. The Morgan fingerprint density at radius 3 is 3.06 bits per heavy atom. The number of hydrogen-bond donors (Lipinski definition) is 1. The second-order valence-electron chi connectivity index (χ2n) is 4.56. The lowest BCUT2D eigenvalue weighted by molar-refractivity contribution is 0.173. The summed E-state index contributed by atoms with van der Waals surface area (Å²) in [7, 11) is 2.17. The summed E-state index contributed by atoms with van der Waals surface area (Å²) in [4.78, 5) is 4.79. The van der Waals surface area contributed by atoms with Crippen molar-refractivity contribution in [3.05, 3.63) is 24.2 Å². The van der Waals surface area contributed by atoms with E-state index < -0.39 is 0 Å². The molecule has 0 aliphatic carbocycles. The van der Waals surface area contributed by atoms with Crippen molar-refractivity contribution in [2.45, 2.75) is 19.0 Å². The average Bonchev–Trinajstić information content (AvgIpc) is 2.70. The Kier molecular flexibility index (Phi) is 3.98. The first-order valence-electron chi connectivity index (χ1n) is 5.94. The van der Waals surface area contributed by atoms with Gasteiger partial charge in [-0.05, 0) is 32.1 Å². The van der Waals surface area contributed by atoms with Gasteiger partial charge in [-0.3, -0.25) is 4.90 Å². The molecule has 1 aromatic rings. The van der Waals surface area contributed by atoms with E-state index >= 15 is 0 Å². The Morgan fingerprint density at radius 2 is 2.38 bits per heavy atom. The van der Waals surface area contributed by atoms with Crippen molar-refractivity contribution >= 4 is 0 Å². The highest BCUT2D eigenvalue weighted by Crippen LogP contribution is 2.13. The number of nitrogens with zero attached hydrogens (tertiary/aromatic N) is 2. The number of rotatable bonds is 3. The molecule has 16 heavy (non-hydrogen) atoms. The molecule has 1 atom stereocenters. The van der Waals surface area contributed by atoms with E-state index in [1.54, 1.807) is 6.26 Å². The normalized spacial score (nSPS) is 24.5. The molecule has 1 aliphatic rings. The topological polar surface area (TPSA) is 45.6 Å². The molecule has 1 aromatic heterocycles. The first-order valence-corrected chi connectivity index (χ1v) is 5.94. The summed E-state index contributed by atoms with van der Waals surface area (Å²) < 4.78 is 5.40. The van der Waals surface area contributed by atoms with Gasteiger partial charge in [-0.2, -0.15) is 0 Å². The summed E-state index contributed by atoms with van der Waals surface area (Å²) >= 11 is 0. The summed E-state index contributed by atoms with van der Waals surface area (Å²) in [5.41, 5.74) is 5.86. The van der Waals surface area contributed by atoms with E-state index in [0.29, 0.717) is 12.6 Å². The first kappa shape index (κ1) is 11.6. The van der Waals surface area contributed by atoms with Crippen molar-refractivity contribution in [2.75, 3.05) is 33.2 Å². The predicted molar refractivity (Wildman–Crippen MR) is 64.1 cm³/mol. The van der Waals surface area contributed by atoms with Crippen LogP contribution in [0, 0.1) is 0 Å². The maximum absolute atomic E-state index is 5.86. The molecule has 4 nitrogen and oxygen atoms in total. The summed E-state index contributed by atoms with van der Waals surface area (Å²) in [5, 5.41) is 0. The van der Waals surface area contributed by atoms with Crippen LogP contribution in [0.25, 0.3) is 0 Å². The Balaban J connectivity index is 2.00. The first-order chi connectivity index (χ1) is 7.79. The van der Waals surface area contributed by atoms with Crippen molar-refractivity contribution in [1.82, 2.24) is 9.80 Å². The molecule has 2 rings (SSSR count). The highest BCUT2D eigenvalue weighted by molar-refractivity contribution is 4.99. The third kappa shape index (κ3) is 2.84. The lowest BCUT2D eigenvalue weighted by atomic mass is 10.2. The maximum Gasteiger partial charge on any atom is 0.117 e. The van der Waals surface area contributed by atoms with Gasteiger partial charge >= 0.3 is 0 Å². The zero-order chi connectivity index (χ0) is 11.4. The van der Waals surface area contributed by atoms with E-state index in [2.05, 4.69) is 16.8 Å². The van der Waals surface area contributed by atoms with Gasteiger partial charge in [-0.1, -0.05) is 0 Å². The Hall–Kier alpha value is -0.840. The average molecular weight is 223 g/mol. The molecule has 4 heteroatoms. The minimum absolute atomic E-state index is 0.442. The monoisotopic (exact) mass is 223 g/mol. The molecule has 1 saturated heterocycles. The van der Waals surface area contributed by atoms with Gasteiger partial charge in [0.25, 0.3) is 0 Å². The van der Waals surface area contributed by atoms with Gasteiger partial charge < -0.3 is 15.1 Å². The molecule has 2 heterocycles. The Labute approximate surface area is 97.0 Å². The van der Waals surface area contributed by atoms with Gasteiger partial charge in [0.2, 0.25) is 0 Å². The van der Waals surface area contributed by atoms with E-state index in [-0.39, 0.29) is 0 Å². The fourth-order valence-corrected chi connectivity index (χ4v) is 2.33. The molecule has 0 saturated carbocycles. The zero-order valence-electron chi connectivity index (χ0n) is 9.93. The van der Waals surface area contributed by atoms with Crippen LogP contribution in [0.2, 0.25) is 0 Å². The van der Waals surface area contributed by atoms with Crippen LogP contribution in [0.3, 0.4) is 0 Å². The predicted octanol–water partition coefficient (Wildman–Crippen LogP) is 0.744. The molecule has 0 radical (unpaired) electrons. The van der Waals surface area contributed by atoms with Gasteiger partial charge in [0.1, 0.15) is 5.76 Å². The highest BCUT2D eigenvalue weighted by atomic mass is 16.3. The number of hydrogen-bond acceptors (Lipinski definition) is 4. The molecular weight excluding hydrogens is 202 g/mol. The van der Waals surface area contributed by atoms with Gasteiger partial charge in [0, 0.05) is 25.7 Å². The molecule has 0 aromatic carbocycles. The molecule has 1 unspecified atom stereocenters. The van der Waals surface area contributed by atoms with E-state index in [1.165, 1.54) is 6.42 Å². The lowest BCUT2D eigenvalue weighted by Gasteiger charge is -2.29. The summed E-state index contributed by atoms with van der Waals surface area (Å²) in [5.74, 6) is 1.03. The second-order valence-corrected chi connectivity index (χ2v) is 4.56. The van der Waals surface area contributed by atoms with Crippen molar-refractivity contribution < 1.29 is 4.42 Å². The van der Waals surface area contributed by atoms with Gasteiger partial charge in [-0.15, -0.1) is 0 Å². The summed E-state index contributed by atoms with van der Waals surface area (Å²) in [6.45, 7) is 4.91. The Morgan fingerprint density at radius 1 is 1.50 bits per heavy atom. The van der Waals surface area contributed by atoms with Crippen LogP contribution in [-0.2, 0) is 6.54 Å². The van der Waals surface area contributed by atoms with Crippen molar-refractivity contribution in [2.24, 2.45) is 5.73 Å². The van der Waals surface area contributed by atoms with Crippen LogP contribution in [-0.4, -0.2) is 49.1 Å². The van der Waals surface area contributed by atoms with Crippen LogP contribution in [0.15, 0.2) is 22.8 Å². The maximum atomic E-state index is 5.86. The molecular formula is C12H21N3O. The minimum Gasteiger partial charge on any atom is -0.468 e. The highest BCUT2D eigenvalue weighted by Gasteiger charge is 2.22. The van der Waals surface area contributed by atoms with Crippen LogP contribution < -0.4 is 5.73 Å². The van der Waals surface area contributed by atoms with Gasteiger partial charge in [0.15, 0.2) is 0 Å². The molecule has 2 N–H and O–H groups in total. The number of likely N-dealkylation sites (N-methyl/N-ethyl adjacent to an activating group) is 1. The quantitative estimate of drug-likeness (QED) is 0.821. The fraction of sp³-hybridized carbons (Fsp3) is 0.667. The summed E-state index contributed by atoms with van der Waals surface area (Å²) in [6.07, 6.45) is 2.93. The largest absolute Gasteiger partial charge is 0.468 e. The number of nitrogens with two attached hydrogens (primary N) is 1. The van der Waals surface area contributed by atoms with Crippen LogP contribution in [0.5, 0.6) is 0 Å². The van der Waals surface area contributed by atoms with E-state index in [1.807, 2.05) is 12.1 Å². The number of furan rings is 1. The van der Waals surface area contributed by atoms with E-state index in [0.717, 1.165) is 31.9 Å². The van der Waals surface area contributed by atoms with Crippen LogP contribution in [0.1, 0.15) is 12.2 Å². The lowest BCUT2D eigenvalue weighted by Crippen LogP contribution is -2.44. The minimum atomic E-state index is 0.442. The van der Waals surface area contributed by atoms with E-state index in [4.69, 9.17) is 10.2 Å². The molecule has 1 fully saturated rings.